The maximum Gasteiger partial charge on any atom is 0.286 e. The van der Waals surface area contributed by atoms with Gasteiger partial charge in [-0.05, 0) is 37.3 Å². The highest BCUT2D eigenvalue weighted by Gasteiger charge is 2.16. The molecule has 3 rings (SSSR count). The lowest BCUT2D eigenvalue weighted by Gasteiger charge is -2.14. The number of halogens is 1. The van der Waals surface area contributed by atoms with Crippen molar-refractivity contribution in [3.8, 4) is 5.75 Å². The topological polar surface area (TPSA) is 97.3 Å². The van der Waals surface area contributed by atoms with Gasteiger partial charge in [-0.15, -0.1) is 21.5 Å². The van der Waals surface area contributed by atoms with E-state index < -0.39 is 0 Å². The highest BCUT2D eigenvalue weighted by molar-refractivity contribution is 7.15. The molecule has 0 saturated carbocycles. The van der Waals surface area contributed by atoms with Crippen molar-refractivity contribution in [3.05, 3.63) is 45.4 Å². The van der Waals surface area contributed by atoms with Crippen molar-refractivity contribution < 1.29 is 14.3 Å². The molecule has 8 nitrogen and oxygen atoms in total. The molecule has 0 aliphatic carbocycles. The molecule has 0 fully saturated rings. The van der Waals surface area contributed by atoms with E-state index in [0.717, 1.165) is 11.3 Å². The lowest BCUT2D eigenvalue weighted by molar-refractivity contribution is -0.116. The van der Waals surface area contributed by atoms with Gasteiger partial charge in [0.25, 0.3) is 5.91 Å². The van der Waals surface area contributed by atoms with Gasteiger partial charge in [-0.2, -0.15) is 0 Å². The van der Waals surface area contributed by atoms with E-state index in [9.17, 15) is 9.59 Å². The average Bonchev–Trinajstić information content (AvgIpc) is 3.39. The predicted molar refractivity (Wildman–Crippen MR) is 120 cm³/mol. The highest BCUT2D eigenvalue weighted by Crippen LogP contribution is 2.28. The SMILES string of the molecule is CCN(C(C)=O)c1nc(/C=C(\Cl)c2nnc(C(=O)Nc3ccc(OC)cc3)s2)cs1. The standard InChI is InChI=1S/C19H18ClN5O3S2/c1-4-25(11(2)26)19-22-13(10-29-19)9-15(20)17-23-24-18(30-17)16(27)21-12-5-7-14(28-3)8-6-12/h5-10H,4H2,1-3H3,(H,21,27)/b15-9-. The first kappa shape index (κ1) is 21.9. The third-order valence-electron chi connectivity index (χ3n) is 3.88. The van der Waals surface area contributed by atoms with Crippen molar-refractivity contribution in [1.82, 2.24) is 15.2 Å². The van der Waals surface area contributed by atoms with Crippen LogP contribution in [0.15, 0.2) is 29.6 Å². The fourth-order valence-corrected chi connectivity index (χ4v) is 4.22. The van der Waals surface area contributed by atoms with Crippen molar-refractivity contribution in [2.24, 2.45) is 0 Å². The Morgan fingerprint density at radius 3 is 2.57 bits per heavy atom. The molecule has 0 aliphatic heterocycles. The molecule has 2 heterocycles. The Kier molecular flexibility index (Phi) is 7.14. The van der Waals surface area contributed by atoms with Crippen LogP contribution in [0.1, 0.15) is 34.4 Å². The molecule has 0 aliphatic rings. The Balaban J connectivity index is 1.71. The fraction of sp³-hybridized carbons (Fsp3) is 0.211. The molecular weight excluding hydrogens is 446 g/mol. The maximum atomic E-state index is 12.4. The third kappa shape index (κ3) is 5.21. The number of benzene rings is 1. The largest absolute Gasteiger partial charge is 0.497 e. The summed E-state index contributed by atoms with van der Waals surface area (Å²) in [6, 6.07) is 6.95. The normalized spacial score (nSPS) is 11.3. The molecular formula is C19H18ClN5O3S2. The van der Waals surface area contributed by atoms with E-state index in [1.807, 2.05) is 6.92 Å². The minimum absolute atomic E-state index is 0.0786. The molecule has 30 heavy (non-hydrogen) atoms. The summed E-state index contributed by atoms with van der Waals surface area (Å²) in [5, 5.41) is 13.9. The molecule has 0 radical (unpaired) electrons. The Morgan fingerprint density at radius 2 is 1.93 bits per heavy atom. The van der Waals surface area contributed by atoms with Crippen molar-refractivity contribution >= 4 is 68.0 Å². The second-order valence-electron chi connectivity index (χ2n) is 5.91. The number of thiazole rings is 1. The number of rotatable bonds is 7. The first-order valence-electron chi connectivity index (χ1n) is 8.81. The summed E-state index contributed by atoms with van der Waals surface area (Å²) >= 11 is 8.76. The van der Waals surface area contributed by atoms with Gasteiger partial charge in [0, 0.05) is 24.5 Å². The van der Waals surface area contributed by atoms with Crippen LogP contribution in [0.3, 0.4) is 0 Å². The second-order valence-corrected chi connectivity index (χ2v) is 8.13. The molecule has 1 N–H and O–H groups in total. The van der Waals surface area contributed by atoms with Gasteiger partial charge >= 0.3 is 0 Å². The average molecular weight is 464 g/mol. The van der Waals surface area contributed by atoms with E-state index in [1.54, 1.807) is 47.7 Å². The number of carbonyl (C=O) groups is 2. The maximum absolute atomic E-state index is 12.4. The van der Waals surface area contributed by atoms with E-state index in [4.69, 9.17) is 16.3 Å². The third-order valence-corrected chi connectivity index (χ3v) is 6.12. The van der Waals surface area contributed by atoms with E-state index in [2.05, 4.69) is 20.5 Å². The molecule has 0 unspecified atom stereocenters. The molecule has 0 saturated heterocycles. The Labute approximate surface area is 186 Å². The number of hydrogen-bond donors (Lipinski definition) is 1. The summed E-state index contributed by atoms with van der Waals surface area (Å²) in [5.74, 6) is 0.230. The molecule has 3 aromatic rings. The Morgan fingerprint density at radius 1 is 1.23 bits per heavy atom. The van der Waals surface area contributed by atoms with E-state index >= 15 is 0 Å². The van der Waals surface area contributed by atoms with E-state index in [-0.39, 0.29) is 16.8 Å². The lowest BCUT2D eigenvalue weighted by atomic mass is 10.3. The van der Waals surface area contributed by atoms with Crippen LogP contribution in [0.2, 0.25) is 0 Å². The zero-order valence-electron chi connectivity index (χ0n) is 16.4. The number of ether oxygens (including phenoxy) is 1. The summed E-state index contributed by atoms with van der Waals surface area (Å²) in [5.41, 5.74) is 1.21. The van der Waals surface area contributed by atoms with Gasteiger partial charge in [-0.1, -0.05) is 22.9 Å². The molecule has 0 atom stereocenters. The van der Waals surface area contributed by atoms with Gasteiger partial charge < -0.3 is 10.1 Å². The molecule has 2 aromatic heterocycles. The smallest absolute Gasteiger partial charge is 0.286 e. The van der Waals surface area contributed by atoms with Crippen molar-refractivity contribution in [1.29, 1.82) is 0 Å². The summed E-state index contributed by atoms with van der Waals surface area (Å²) in [6.07, 6.45) is 1.63. The predicted octanol–water partition coefficient (Wildman–Crippen LogP) is 4.37. The molecule has 156 valence electrons. The minimum Gasteiger partial charge on any atom is -0.497 e. The van der Waals surface area contributed by atoms with Gasteiger partial charge in [-0.3, -0.25) is 14.5 Å². The lowest BCUT2D eigenvalue weighted by Crippen LogP contribution is -2.27. The quantitative estimate of drug-likeness (QED) is 0.559. The minimum atomic E-state index is -0.385. The van der Waals surface area contributed by atoms with Gasteiger partial charge in [-0.25, -0.2) is 4.98 Å². The Bertz CT molecular complexity index is 1080. The highest BCUT2D eigenvalue weighted by atomic mass is 35.5. The molecule has 0 bridgehead atoms. The van der Waals surface area contributed by atoms with E-state index in [0.29, 0.717) is 38.8 Å². The number of nitrogens with zero attached hydrogens (tertiary/aromatic N) is 4. The number of carbonyl (C=O) groups excluding carboxylic acids is 2. The number of anilines is 2. The number of hydrogen-bond acceptors (Lipinski definition) is 8. The number of aromatic nitrogens is 3. The van der Waals surface area contributed by atoms with Crippen molar-refractivity contribution in [2.45, 2.75) is 13.8 Å². The summed E-state index contributed by atoms with van der Waals surface area (Å²) in [7, 11) is 1.57. The zero-order valence-corrected chi connectivity index (χ0v) is 18.8. The van der Waals surface area contributed by atoms with Crippen LogP contribution in [0.5, 0.6) is 5.75 Å². The number of methoxy groups -OCH3 is 1. The summed E-state index contributed by atoms with van der Waals surface area (Å²) in [4.78, 5) is 30.0. The summed E-state index contributed by atoms with van der Waals surface area (Å²) < 4.78 is 5.09. The fourth-order valence-electron chi connectivity index (χ4n) is 2.42. The van der Waals surface area contributed by atoms with E-state index in [1.165, 1.54) is 18.3 Å². The van der Waals surface area contributed by atoms with Crippen LogP contribution in [0.25, 0.3) is 11.1 Å². The number of nitrogens with one attached hydrogen (secondary N) is 1. The van der Waals surface area contributed by atoms with Crippen LogP contribution < -0.4 is 15.0 Å². The first-order chi connectivity index (χ1) is 14.4. The van der Waals surface area contributed by atoms with Gasteiger partial charge in [0.1, 0.15) is 5.75 Å². The van der Waals surface area contributed by atoms with Crippen LogP contribution in [0.4, 0.5) is 10.8 Å². The monoisotopic (exact) mass is 463 g/mol. The van der Waals surface area contributed by atoms with Crippen molar-refractivity contribution in [2.75, 3.05) is 23.9 Å². The van der Waals surface area contributed by atoms with Gasteiger partial charge in [0.05, 0.1) is 17.8 Å². The van der Waals surface area contributed by atoms with Crippen LogP contribution >= 0.6 is 34.3 Å². The van der Waals surface area contributed by atoms with Crippen LogP contribution in [0, 0.1) is 0 Å². The van der Waals surface area contributed by atoms with Crippen LogP contribution in [-0.2, 0) is 4.79 Å². The zero-order chi connectivity index (χ0) is 21.7. The molecule has 1 aromatic carbocycles. The molecule has 2 amide bonds. The summed E-state index contributed by atoms with van der Waals surface area (Å²) in [6.45, 7) is 3.90. The molecule has 11 heteroatoms. The van der Waals surface area contributed by atoms with Crippen molar-refractivity contribution in [3.63, 3.8) is 0 Å². The number of amides is 2. The molecule has 0 spiro atoms. The van der Waals surface area contributed by atoms with Gasteiger partial charge in [0.2, 0.25) is 10.9 Å². The Hall–Kier alpha value is -2.82. The first-order valence-corrected chi connectivity index (χ1v) is 10.9. The van der Waals surface area contributed by atoms with Gasteiger partial charge in [0.15, 0.2) is 10.1 Å². The second kappa shape index (κ2) is 9.79. The van der Waals surface area contributed by atoms with Crippen LogP contribution in [-0.4, -0.2) is 40.7 Å².